The van der Waals surface area contributed by atoms with Crippen LogP contribution in [-0.2, 0) is 61.8 Å². The Labute approximate surface area is 610 Å². The van der Waals surface area contributed by atoms with Crippen molar-refractivity contribution in [3.63, 3.8) is 0 Å². The van der Waals surface area contributed by atoms with E-state index in [0.29, 0.717) is 12.8 Å². The first-order chi connectivity index (χ1) is 49.9. The Kier molecular flexibility index (Phi) is 42.9. The fourth-order valence-corrected chi connectivity index (χ4v) is 13.9. The monoisotopic (exact) mass is 1500 g/mol. The highest BCUT2D eigenvalue weighted by molar-refractivity contribution is 5.76. The molecule has 0 spiro atoms. The van der Waals surface area contributed by atoms with Crippen LogP contribution in [-0.4, -0.2) is 315 Å². The Morgan fingerprint density at radius 2 is 0.981 bits per heavy atom. The van der Waals surface area contributed by atoms with Crippen LogP contribution >= 0.6 is 0 Å². The summed E-state index contributed by atoms with van der Waals surface area (Å²) < 4.78 is 60.1. The van der Waals surface area contributed by atoms with Crippen LogP contribution in [0.4, 0.5) is 0 Å². The first-order valence-corrected chi connectivity index (χ1v) is 38.2. The summed E-state index contributed by atoms with van der Waals surface area (Å²) in [6, 6.07) is -3.59. The molecule has 5 rings (SSSR count). The van der Waals surface area contributed by atoms with Crippen molar-refractivity contribution in [3.8, 4) is 0 Å². The predicted molar refractivity (Wildman–Crippen MR) is 369 cm³/mol. The molecule has 2 amide bonds. The predicted octanol–water partition coefficient (Wildman–Crippen LogP) is -1.22. The molecule has 0 aromatic rings. The molecule has 0 saturated carbocycles. The number of aliphatic hydroxyl groups is 16. The summed E-state index contributed by atoms with van der Waals surface area (Å²) >= 11 is 0. The van der Waals surface area contributed by atoms with Crippen LogP contribution in [0.3, 0.4) is 0 Å². The van der Waals surface area contributed by atoms with E-state index in [-0.39, 0.29) is 18.9 Å². The van der Waals surface area contributed by atoms with Crippen molar-refractivity contribution in [1.29, 1.82) is 0 Å². The van der Waals surface area contributed by atoms with E-state index in [2.05, 4.69) is 24.5 Å². The second-order valence-electron chi connectivity index (χ2n) is 28.6. The van der Waals surface area contributed by atoms with Gasteiger partial charge in [-0.3, -0.25) is 9.59 Å². The normalized spacial score (nSPS) is 35.3. The molecule has 0 aromatic carbocycles. The Bertz CT molecular complexity index is 2380. The molecular weight excluding hydrogens is 1370 g/mol. The van der Waals surface area contributed by atoms with E-state index < -0.39 is 223 Å². The SMILES string of the molecule is CCCCCCCCCCCCC/C=C/C(O)C(CNC(=O)CCCCCCCCCCCCCCCCC)O[C@@H]1O[C@H](CO)[C@@H](O[C@H]2O[C@@H](CO)[C@@H](O[C@H]3O[C@@H](CO)[C@@H](O)[C@@H](O[C@H]4O[C@@H](CO)[C@@H](O)[C@@H](O)[C@@H]4O)[C@@H]3NC(C)=O)[C@@H](O[C@@]3(C(=O)O)C[C@H](O)[C@@H](N)[C@H](C(O)C(O)CO)O3)[C@@H]2O)[C@H](O)[C@H]1O. The molecule has 28 atom stereocenters. The van der Waals surface area contributed by atoms with Crippen molar-refractivity contribution in [1.82, 2.24) is 10.6 Å². The van der Waals surface area contributed by atoms with Crippen molar-refractivity contribution in [2.24, 2.45) is 5.73 Å². The van der Waals surface area contributed by atoms with Gasteiger partial charge in [-0.1, -0.05) is 180 Å². The Morgan fingerprint density at radius 3 is 1.50 bits per heavy atom. The average molecular weight is 1500 g/mol. The summed E-state index contributed by atoms with van der Waals surface area (Å²) in [6.07, 6.45) is -17.5. The van der Waals surface area contributed by atoms with Crippen molar-refractivity contribution in [3.05, 3.63) is 12.2 Å². The quantitative estimate of drug-likeness (QED) is 0.0251. The number of carboxylic acid groups (broad SMARTS) is 1. The molecule has 33 nitrogen and oxygen atoms in total. The van der Waals surface area contributed by atoms with Gasteiger partial charge in [-0.25, -0.2) is 4.79 Å². The van der Waals surface area contributed by atoms with Gasteiger partial charge in [0.1, 0.15) is 128 Å². The van der Waals surface area contributed by atoms with E-state index in [1.54, 1.807) is 6.08 Å². The van der Waals surface area contributed by atoms with Gasteiger partial charge in [-0.05, 0) is 19.3 Å². The number of nitrogens with one attached hydrogen (secondary N) is 2. The smallest absolute Gasteiger partial charge is 0.364 e. The summed E-state index contributed by atoms with van der Waals surface area (Å²) in [5, 5.41) is 193. The van der Waals surface area contributed by atoms with Crippen molar-refractivity contribution < 1.29 is 149 Å². The van der Waals surface area contributed by atoms with Crippen LogP contribution in [0.15, 0.2) is 12.2 Å². The summed E-state index contributed by atoms with van der Waals surface area (Å²) in [5.41, 5.74) is 6.16. The summed E-state index contributed by atoms with van der Waals surface area (Å²) in [5.74, 6) is -6.65. The lowest BCUT2D eigenvalue weighted by Crippen LogP contribution is -2.72. The maximum Gasteiger partial charge on any atom is 0.364 e. The average Bonchev–Trinajstić information content (AvgIpc) is 0.752. The summed E-state index contributed by atoms with van der Waals surface area (Å²) in [7, 11) is 0. The Hall–Kier alpha value is -2.93. The second kappa shape index (κ2) is 48.7. The molecule has 104 heavy (non-hydrogen) atoms. The minimum atomic E-state index is -3.30. The first-order valence-electron chi connectivity index (χ1n) is 38.2. The van der Waals surface area contributed by atoms with Crippen LogP contribution in [0.5, 0.6) is 0 Å². The van der Waals surface area contributed by atoms with Gasteiger partial charge in [-0.2, -0.15) is 0 Å². The van der Waals surface area contributed by atoms with Gasteiger partial charge in [0, 0.05) is 26.3 Å². The number of hydrogen-bond donors (Lipinski definition) is 20. The van der Waals surface area contributed by atoms with Crippen LogP contribution < -0.4 is 16.4 Å². The maximum absolute atomic E-state index is 13.7. The van der Waals surface area contributed by atoms with Crippen molar-refractivity contribution in [2.45, 2.75) is 378 Å². The third-order valence-corrected chi connectivity index (χ3v) is 20.3. The van der Waals surface area contributed by atoms with Gasteiger partial charge >= 0.3 is 5.97 Å². The standard InChI is InChI=1S/C71H129N3O30/c1-4-6-8-10-12-14-16-18-19-21-23-25-27-29-31-33-50(84)73-35-45(42(81)32-30-28-26-24-22-20-17-15-13-11-9-7-5-2)95-67-59(91)57(89)61(48(39-78)98-67)100-69-60(92)65(104-71(70(93)94)34-43(82)51(72)63(103-71)53(85)44(83)36-75)62(49(40-79)99-69)101-66-52(74-41(3)80)64(55(87)47(38-77)96-66)102-68-58(90)56(88)54(86)46(37-76)97-68/h30,32,42-49,51-69,75-79,81-83,85-92H,4-29,31,33-40,72H2,1-3H3,(H,73,84)(H,74,80)(H,93,94)/b32-30+/t42?,43-,44?,45?,46-,47-,48+,49-,51+,52-,53?,54+,55+,56+,57+,58-,59+,60-,61+,62+,63+,64-,65-,66+,67+,68+,69+,71+/m0/s1. The van der Waals surface area contributed by atoms with E-state index in [0.717, 1.165) is 64.7 Å². The molecule has 5 aliphatic heterocycles. The van der Waals surface area contributed by atoms with E-state index in [1.807, 2.05) is 0 Å². The minimum Gasteiger partial charge on any atom is -0.477 e. The fraction of sp³-hybridized carbons (Fsp3) is 0.930. The number of carbonyl (C=O) groups excluding carboxylic acids is 2. The molecule has 5 saturated heterocycles. The van der Waals surface area contributed by atoms with Gasteiger partial charge in [0.05, 0.1) is 45.2 Å². The molecule has 5 aliphatic rings. The molecule has 608 valence electrons. The number of hydrogen-bond acceptors (Lipinski definition) is 30. The number of carbonyl (C=O) groups is 3. The van der Waals surface area contributed by atoms with E-state index >= 15 is 0 Å². The highest BCUT2D eigenvalue weighted by Gasteiger charge is 2.62. The van der Waals surface area contributed by atoms with Crippen LogP contribution in [0.25, 0.3) is 0 Å². The van der Waals surface area contributed by atoms with Gasteiger partial charge < -0.3 is 151 Å². The Balaban J connectivity index is 1.38. The molecule has 21 N–H and O–H groups in total. The number of aliphatic carboxylic acids is 1. The highest BCUT2D eigenvalue weighted by Crippen LogP contribution is 2.41. The molecule has 5 heterocycles. The third kappa shape index (κ3) is 27.8. The second-order valence-corrected chi connectivity index (χ2v) is 28.6. The number of rotatable bonds is 51. The van der Waals surface area contributed by atoms with Gasteiger partial charge in [-0.15, -0.1) is 0 Å². The Morgan fingerprint density at radius 1 is 0.529 bits per heavy atom. The molecule has 0 radical (unpaired) electrons. The van der Waals surface area contributed by atoms with Crippen molar-refractivity contribution >= 4 is 17.8 Å². The highest BCUT2D eigenvalue weighted by atomic mass is 16.8. The number of ether oxygens (including phenoxy) is 10. The molecule has 33 heteroatoms. The molecule has 4 unspecified atom stereocenters. The molecule has 5 fully saturated rings. The van der Waals surface area contributed by atoms with Gasteiger partial charge in [0.15, 0.2) is 25.2 Å². The van der Waals surface area contributed by atoms with E-state index in [4.69, 9.17) is 53.1 Å². The molecule has 0 aliphatic carbocycles. The number of amides is 2. The lowest BCUT2D eigenvalue weighted by atomic mass is 9.88. The maximum atomic E-state index is 13.7. The summed E-state index contributed by atoms with van der Waals surface area (Å²) in [6.45, 7) is -0.332. The molecule has 0 bridgehead atoms. The number of nitrogens with two attached hydrogens (primary N) is 1. The lowest BCUT2D eigenvalue weighted by Gasteiger charge is -2.52. The number of allylic oxidation sites excluding steroid dienone is 1. The number of carboxylic acids is 1. The summed E-state index contributed by atoms with van der Waals surface area (Å²) in [4.78, 5) is 40.1. The van der Waals surface area contributed by atoms with Gasteiger partial charge in [0.25, 0.3) is 5.79 Å². The zero-order chi connectivity index (χ0) is 76.5. The lowest BCUT2D eigenvalue weighted by molar-refractivity contribution is -0.403. The topological polar surface area (TPSA) is 538 Å². The van der Waals surface area contributed by atoms with E-state index in [1.165, 1.54) is 109 Å². The number of unbranched alkanes of at least 4 members (excludes halogenated alkanes) is 25. The first kappa shape index (κ1) is 91.7. The minimum absolute atomic E-state index is 0.177. The number of aliphatic hydroxyl groups excluding tert-OH is 16. The largest absolute Gasteiger partial charge is 0.477 e. The zero-order valence-electron chi connectivity index (χ0n) is 61.0. The fourth-order valence-electron chi connectivity index (χ4n) is 13.9. The van der Waals surface area contributed by atoms with E-state index in [9.17, 15) is 101 Å². The van der Waals surface area contributed by atoms with Gasteiger partial charge in [0.2, 0.25) is 11.8 Å². The zero-order valence-corrected chi connectivity index (χ0v) is 61.0. The van der Waals surface area contributed by atoms with Crippen LogP contribution in [0.1, 0.15) is 207 Å². The third-order valence-electron chi connectivity index (χ3n) is 20.3. The van der Waals surface area contributed by atoms with Crippen LogP contribution in [0.2, 0.25) is 0 Å². The van der Waals surface area contributed by atoms with Crippen molar-refractivity contribution in [2.75, 3.05) is 39.6 Å². The molecular formula is C71H129N3O30. The molecule has 0 aromatic heterocycles. The van der Waals surface area contributed by atoms with Crippen LogP contribution in [0, 0.1) is 0 Å².